The molecule has 0 spiro atoms. The van der Waals surface area contributed by atoms with Gasteiger partial charge in [0.2, 0.25) is 5.76 Å². The van der Waals surface area contributed by atoms with Gasteiger partial charge in [-0.1, -0.05) is 0 Å². The van der Waals surface area contributed by atoms with Crippen molar-refractivity contribution in [2.75, 3.05) is 46.2 Å². The first-order valence-electron chi connectivity index (χ1n) is 11.2. The number of nitrogens with one attached hydrogen (secondary N) is 1. The van der Waals surface area contributed by atoms with Crippen LogP contribution in [0, 0.1) is 0 Å². The standard InChI is InChI=1S/C22H27F2N3O6/c1-22(23,24)18-17-16(33-20(18)21(28)25-8-14-11-29-4-6-31-14)3-2-13-9-27(26-19(13)17)10-15-12-30-5-7-32-15/h9,14-15H,2-8,10-12H2,1H3,(H,25,28)/t14-,15-/m1/s1. The number of amides is 1. The molecule has 2 saturated heterocycles. The minimum Gasteiger partial charge on any atom is -0.455 e. The van der Waals surface area contributed by atoms with Crippen molar-refractivity contribution in [2.45, 2.75) is 44.4 Å². The third-order valence-corrected chi connectivity index (χ3v) is 5.97. The highest BCUT2D eigenvalue weighted by atomic mass is 19.3. The molecule has 33 heavy (non-hydrogen) atoms. The van der Waals surface area contributed by atoms with Crippen LogP contribution in [-0.2, 0) is 44.3 Å². The third-order valence-electron chi connectivity index (χ3n) is 5.97. The first-order chi connectivity index (χ1) is 15.9. The van der Waals surface area contributed by atoms with Gasteiger partial charge >= 0.3 is 0 Å². The fraction of sp³-hybridized carbons (Fsp3) is 0.636. The van der Waals surface area contributed by atoms with Crippen molar-refractivity contribution in [3.05, 3.63) is 28.8 Å². The number of furan rings is 1. The maximum atomic E-state index is 14.8. The topological polar surface area (TPSA) is 97.0 Å². The number of halogens is 2. The Bertz CT molecular complexity index is 1000. The van der Waals surface area contributed by atoms with Gasteiger partial charge in [-0.25, -0.2) is 8.78 Å². The van der Waals surface area contributed by atoms with Gasteiger partial charge in [0.05, 0.1) is 69.1 Å². The summed E-state index contributed by atoms with van der Waals surface area (Å²) in [6.45, 7) is 4.16. The molecule has 1 N–H and O–H groups in total. The molecular weight excluding hydrogens is 440 g/mol. The van der Waals surface area contributed by atoms with Crippen LogP contribution in [0.2, 0.25) is 0 Å². The molecule has 2 aliphatic heterocycles. The molecule has 11 heteroatoms. The summed E-state index contributed by atoms with van der Waals surface area (Å²) in [6.07, 6.45) is 2.36. The molecule has 1 amide bonds. The Kier molecular flexibility index (Phi) is 6.21. The van der Waals surface area contributed by atoms with E-state index in [9.17, 15) is 13.6 Å². The molecule has 0 bridgehead atoms. The maximum Gasteiger partial charge on any atom is 0.287 e. The predicted octanol–water partition coefficient (Wildman–Crippen LogP) is 1.91. The van der Waals surface area contributed by atoms with Gasteiger partial charge in [0.1, 0.15) is 11.9 Å². The summed E-state index contributed by atoms with van der Waals surface area (Å²) in [6, 6.07) is 0. The summed E-state index contributed by atoms with van der Waals surface area (Å²) in [5, 5.41) is 7.22. The Balaban J connectivity index is 1.42. The van der Waals surface area contributed by atoms with Crippen LogP contribution in [-0.4, -0.2) is 74.1 Å². The van der Waals surface area contributed by atoms with Crippen LogP contribution < -0.4 is 5.32 Å². The number of ether oxygens (including phenoxy) is 4. The molecule has 2 atom stereocenters. The number of carbonyl (C=O) groups excluding carboxylic acids is 1. The van der Waals surface area contributed by atoms with E-state index in [1.54, 1.807) is 4.68 Å². The van der Waals surface area contributed by atoms with Crippen LogP contribution >= 0.6 is 0 Å². The number of hydrogen-bond acceptors (Lipinski definition) is 7. The van der Waals surface area contributed by atoms with E-state index in [0.717, 1.165) is 12.5 Å². The molecule has 5 rings (SSSR count). The van der Waals surface area contributed by atoms with Crippen molar-refractivity contribution in [2.24, 2.45) is 0 Å². The SMILES string of the molecule is CC(F)(F)c1c(C(=O)NC[C@@H]2COCCO2)oc2c1-c1nn(C[C@@H]3COCCO3)cc1CC2. The molecule has 3 aliphatic rings. The molecule has 2 fully saturated rings. The third kappa shape index (κ3) is 4.68. The van der Waals surface area contributed by atoms with E-state index < -0.39 is 17.4 Å². The maximum absolute atomic E-state index is 14.8. The molecule has 0 aromatic carbocycles. The average molecular weight is 467 g/mol. The van der Waals surface area contributed by atoms with Crippen molar-refractivity contribution in [3.8, 4) is 11.3 Å². The molecule has 9 nitrogen and oxygen atoms in total. The average Bonchev–Trinajstić information content (AvgIpc) is 3.39. The predicted molar refractivity (Wildman–Crippen MR) is 110 cm³/mol. The lowest BCUT2D eigenvalue weighted by atomic mass is 9.91. The van der Waals surface area contributed by atoms with Gasteiger partial charge in [0.25, 0.3) is 11.8 Å². The summed E-state index contributed by atoms with van der Waals surface area (Å²) in [5.41, 5.74) is 1.05. The highest BCUT2D eigenvalue weighted by molar-refractivity contribution is 5.96. The van der Waals surface area contributed by atoms with Crippen molar-refractivity contribution in [3.63, 3.8) is 0 Å². The minimum absolute atomic E-state index is 0.141. The van der Waals surface area contributed by atoms with E-state index in [-0.39, 0.29) is 30.1 Å². The first kappa shape index (κ1) is 22.5. The number of hydrogen-bond donors (Lipinski definition) is 1. The van der Waals surface area contributed by atoms with Crippen molar-refractivity contribution in [1.29, 1.82) is 0 Å². The van der Waals surface area contributed by atoms with Gasteiger partial charge in [-0.3, -0.25) is 9.48 Å². The van der Waals surface area contributed by atoms with E-state index in [0.29, 0.717) is 70.5 Å². The smallest absolute Gasteiger partial charge is 0.287 e. The molecule has 0 radical (unpaired) electrons. The van der Waals surface area contributed by atoms with E-state index >= 15 is 0 Å². The van der Waals surface area contributed by atoms with Gasteiger partial charge in [-0.15, -0.1) is 0 Å². The largest absolute Gasteiger partial charge is 0.455 e. The Hall–Kier alpha value is -2.34. The second kappa shape index (κ2) is 9.13. The van der Waals surface area contributed by atoms with Gasteiger partial charge in [0.15, 0.2) is 0 Å². The van der Waals surface area contributed by atoms with Crippen LogP contribution in [0.5, 0.6) is 0 Å². The number of alkyl halides is 2. The summed E-state index contributed by atoms with van der Waals surface area (Å²) >= 11 is 0. The van der Waals surface area contributed by atoms with Crippen molar-refractivity contribution < 1.29 is 36.9 Å². The van der Waals surface area contributed by atoms with E-state index in [1.165, 1.54) is 0 Å². The zero-order valence-corrected chi connectivity index (χ0v) is 18.4. The molecule has 0 unspecified atom stereocenters. The zero-order valence-electron chi connectivity index (χ0n) is 18.4. The number of aromatic nitrogens is 2. The fourth-order valence-electron chi connectivity index (χ4n) is 4.47. The van der Waals surface area contributed by atoms with Crippen molar-refractivity contribution >= 4 is 5.91 Å². The first-order valence-corrected chi connectivity index (χ1v) is 11.2. The van der Waals surface area contributed by atoms with Crippen LogP contribution in [0.4, 0.5) is 8.78 Å². The molecule has 0 saturated carbocycles. The highest BCUT2D eigenvalue weighted by Crippen LogP contribution is 2.45. The van der Waals surface area contributed by atoms with Gasteiger partial charge in [-0.05, 0) is 12.0 Å². The second-order valence-corrected chi connectivity index (χ2v) is 8.56. The molecule has 4 heterocycles. The number of aryl methyl sites for hydroxylation is 2. The van der Waals surface area contributed by atoms with Crippen LogP contribution in [0.1, 0.15) is 34.4 Å². The lowest BCUT2D eigenvalue weighted by molar-refractivity contribution is -0.0946. The summed E-state index contributed by atoms with van der Waals surface area (Å²) in [4.78, 5) is 12.9. The minimum atomic E-state index is -3.30. The molecule has 2 aromatic heterocycles. The summed E-state index contributed by atoms with van der Waals surface area (Å²) < 4.78 is 59.0. The van der Waals surface area contributed by atoms with Crippen LogP contribution in [0.15, 0.2) is 10.6 Å². The summed E-state index contributed by atoms with van der Waals surface area (Å²) in [5.74, 6) is -4.03. The molecule has 1 aliphatic carbocycles. The van der Waals surface area contributed by atoms with Gasteiger partial charge in [-0.2, -0.15) is 5.10 Å². The van der Waals surface area contributed by atoms with E-state index in [4.69, 9.17) is 23.4 Å². The van der Waals surface area contributed by atoms with E-state index in [1.807, 2.05) is 6.20 Å². The Labute approximate surface area is 189 Å². The molecule has 180 valence electrons. The monoisotopic (exact) mass is 467 g/mol. The Morgan fingerprint density at radius 2 is 1.88 bits per heavy atom. The van der Waals surface area contributed by atoms with Crippen LogP contribution in [0.3, 0.4) is 0 Å². The van der Waals surface area contributed by atoms with Crippen LogP contribution in [0.25, 0.3) is 11.3 Å². The second-order valence-electron chi connectivity index (χ2n) is 8.56. The molecule has 2 aromatic rings. The number of carbonyl (C=O) groups is 1. The number of fused-ring (bicyclic) bond motifs is 3. The van der Waals surface area contributed by atoms with Crippen molar-refractivity contribution in [1.82, 2.24) is 15.1 Å². The number of rotatable bonds is 6. The van der Waals surface area contributed by atoms with E-state index in [2.05, 4.69) is 10.4 Å². The Morgan fingerprint density at radius 3 is 2.55 bits per heavy atom. The Morgan fingerprint density at radius 1 is 1.15 bits per heavy atom. The quantitative estimate of drug-likeness (QED) is 0.693. The zero-order chi connectivity index (χ0) is 23.0. The van der Waals surface area contributed by atoms with Gasteiger partial charge in [0, 0.05) is 26.1 Å². The lowest BCUT2D eigenvalue weighted by Gasteiger charge is -2.23. The lowest BCUT2D eigenvalue weighted by Crippen LogP contribution is -2.40. The molecular formula is C22H27F2N3O6. The number of nitrogens with zero attached hydrogens (tertiary/aromatic N) is 2. The van der Waals surface area contributed by atoms with Gasteiger partial charge < -0.3 is 28.7 Å². The highest BCUT2D eigenvalue weighted by Gasteiger charge is 2.42. The fourth-order valence-corrected chi connectivity index (χ4v) is 4.47. The normalized spacial score (nSPS) is 23.1. The summed E-state index contributed by atoms with van der Waals surface area (Å²) in [7, 11) is 0.